The van der Waals surface area contributed by atoms with Gasteiger partial charge in [0.1, 0.15) is 5.60 Å². The zero-order valence-electron chi connectivity index (χ0n) is 10.3. The molecule has 0 amide bonds. The van der Waals surface area contributed by atoms with Gasteiger partial charge in [-0.25, -0.2) is 0 Å². The lowest BCUT2D eigenvalue weighted by molar-refractivity contribution is -0.0175. The van der Waals surface area contributed by atoms with Crippen molar-refractivity contribution in [2.24, 2.45) is 0 Å². The molecule has 0 aromatic heterocycles. The van der Waals surface area contributed by atoms with E-state index in [0.29, 0.717) is 30.8 Å². The first-order chi connectivity index (χ1) is 8.55. The third kappa shape index (κ3) is 2.40. The van der Waals surface area contributed by atoms with E-state index in [2.05, 4.69) is 5.32 Å². The first-order valence-corrected chi connectivity index (χ1v) is 5.92. The van der Waals surface area contributed by atoms with Gasteiger partial charge in [0.15, 0.2) is 0 Å². The number of rotatable bonds is 3. The Bertz CT molecular complexity index is 484. The Kier molecular flexibility index (Phi) is 3.41. The second kappa shape index (κ2) is 4.84. The van der Waals surface area contributed by atoms with Crippen LogP contribution in [0.4, 0.5) is 11.4 Å². The van der Waals surface area contributed by atoms with Crippen LogP contribution in [0.2, 0.25) is 0 Å². The molecule has 5 nitrogen and oxygen atoms in total. The fraction of sp³-hybridized carbons (Fsp3) is 0.462. The molecule has 1 aromatic carbocycles. The number of nitrogens with zero attached hydrogens (tertiary/aromatic N) is 1. The van der Waals surface area contributed by atoms with Gasteiger partial charge in [-0.3, -0.25) is 0 Å². The van der Waals surface area contributed by atoms with E-state index in [-0.39, 0.29) is 6.10 Å². The van der Waals surface area contributed by atoms with Crippen LogP contribution in [-0.2, 0) is 4.74 Å². The maximum absolute atomic E-state index is 10.3. The summed E-state index contributed by atoms with van der Waals surface area (Å²) < 4.78 is 5.36. The minimum absolute atomic E-state index is 0.190. The minimum atomic E-state index is -0.861. The molecule has 18 heavy (non-hydrogen) atoms. The molecule has 1 heterocycles. The lowest BCUT2D eigenvalue weighted by Gasteiger charge is -2.27. The minimum Gasteiger partial charge on any atom is -0.397 e. The normalized spacial score (nSPS) is 26.8. The van der Waals surface area contributed by atoms with Crippen LogP contribution in [0.15, 0.2) is 18.2 Å². The van der Waals surface area contributed by atoms with Crippen LogP contribution in [0.3, 0.4) is 0 Å². The van der Waals surface area contributed by atoms with Gasteiger partial charge < -0.3 is 20.9 Å². The van der Waals surface area contributed by atoms with Crippen LogP contribution in [0.25, 0.3) is 0 Å². The molecule has 5 heteroatoms. The molecule has 1 aliphatic rings. The summed E-state index contributed by atoms with van der Waals surface area (Å²) in [4.78, 5) is 0. The van der Waals surface area contributed by atoms with Crippen molar-refractivity contribution in [1.82, 2.24) is 0 Å². The third-order valence-corrected chi connectivity index (χ3v) is 3.43. The molecule has 2 rings (SSSR count). The van der Waals surface area contributed by atoms with Crippen molar-refractivity contribution in [2.45, 2.75) is 25.0 Å². The first kappa shape index (κ1) is 12.7. The zero-order valence-corrected chi connectivity index (χ0v) is 10.3. The van der Waals surface area contributed by atoms with Crippen molar-refractivity contribution in [2.75, 3.05) is 24.2 Å². The van der Waals surface area contributed by atoms with E-state index in [0.717, 1.165) is 5.69 Å². The van der Waals surface area contributed by atoms with Gasteiger partial charge in [0.25, 0.3) is 0 Å². The topological polar surface area (TPSA) is 91.3 Å². The van der Waals surface area contributed by atoms with Crippen molar-refractivity contribution < 1.29 is 9.84 Å². The average molecular weight is 247 g/mol. The van der Waals surface area contributed by atoms with E-state index in [1.165, 1.54) is 0 Å². The number of ether oxygens (including phenoxy) is 1. The molecule has 0 aliphatic carbocycles. The third-order valence-electron chi connectivity index (χ3n) is 3.43. The zero-order chi connectivity index (χ0) is 13.2. The summed E-state index contributed by atoms with van der Waals surface area (Å²) in [5.74, 6) is 0. The molecule has 0 bridgehead atoms. The van der Waals surface area contributed by atoms with Crippen LogP contribution in [0, 0.1) is 11.3 Å². The quantitative estimate of drug-likeness (QED) is 0.695. The number of aliphatic hydroxyl groups is 1. The Hall–Kier alpha value is -1.77. The molecule has 0 saturated carbocycles. The number of nitrogens with one attached hydrogen (secondary N) is 1. The number of nitriles is 1. The van der Waals surface area contributed by atoms with E-state index in [1.54, 1.807) is 18.2 Å². The summed E-state index contributed by atoms with van der Waals surface area (Å²) in [6.07, 6.45) is 0.418. The van der Waals surface area contributed by atoms with Gasteiger partial charge in [0.2, 0.25) is 0 Å². The van der Waals surface area contributed by atoms with Crippen molar-refractivity contribution in [3.8, 4) is 6.07 Å². The number of benzene rings is 1. The largest absolute Gasteiger partial charge is 0.397 e. The highest BCUT2D eigenvalue weighted by Gasteiger charge is 2.39. The van der Waals surface area contributed by atoms with E-state index in [9.17, 15) is 5.11 Å². The summed E-state index contributed by atoms with van der Waals surface area (Å²) in [6, 6.07) is 7.08. The Balaban J connectivity index is 2.05. The molecule has 1 aliphatic heterocycles. The van der Waals surface area contributed by atoms with Crippen molar-refractivity contribution in [1.29, 1.82) is 5.26 Å². The second-order valence-electron chi connectivity index (χ2n) is 4.63. The first-order valence-electron chi connectivity index (χ1n) is 5.92. The summed E-state index contributed by atoms with van der Waals surface area (Å²) in [5.41, 5.74) is 6.72. The average Bonchev–Trinajstić information content (AvgIpc) is 2.68. The highest BCUT2D eigenvalue weighted by atomic mass is 16.5. The van der Waals surface area contributed by atoms with Gasteiger partial charge in [0, 0.05) is 19.6 Å². The molecule has 1 aromatic rings. The van der Waals surface area contributed by atoms with Crippen LogP contribution in [-0.4, -0.2) is 30.0 Å². The molecular formula is C13H17N3O2. The van der Waals surface area contributed by atoms with Gasteiger partial charge in [-0.1, -0.05) is 0 Å². The van der Waals surface area contributed by atoms with Crippen LogP contribution >= 0.6 is 0 Å². The monoisotopic (exact) mass is 247 g/mol. The predicted molar refractivity (Wildman–Crippen MR) is 69.0 cm³/mol. The lowest BCUT2D eigenvalue weighted by Crippen LogP contribution is -2.43. The van der Waals surface area contributed by atoms with E-state index >= 15 is 0 Å². The van der Waals surface area contributed by atoms with Crippen molar-refractivity contribution in [3.05, 3.63) is 23.8 Å². The van der Waals surface area contributed by atoms with Crippen LogP contribution < -0.4 is 11.1 Å². The summed E-state index contributed by atoms with van der Waals surface area (Å²) >= 11 is 0. The summed E-state index contributed by atoms with van der Waals surface area (Å²) in [5, 5.41) is 22.2. The number of hydrogen-bond donors (Lipinski definition) is 3. The van der Waals surface area contributed by atoms with Gasteiger partial charge in [-0.2, -0.15) is 5.26 Å². The Morgan fingerprint density at radius 1 is 1.67 bits per heavy atom. The SMILES string of the molecule is CC1OCCC1(O)CNc1ccc(C#N)cc1N. The van der Waals surface area contributed by atoms with Crippen molar-refractivity contribution in [3.63, 3.8) is 0 Å². The Morgan fingerprint density at radius 2 is 2.44 bits per heavy atom. The molecular weight excluding hydrogens is 230 g/mol. The van der Waals surface area contributed by atoms with Gasteiger partial charge in [-0.05, 0) is 25.1 Å². The second-order valence-corrected chi connectivity index (χ2v) is 4.63. The van der Waals surface area contributed by atoms with E-state index in [4.69, 9.17) is 15.7 Å². The fourth-order valence-corrected chi connectivity index (χ4v) is 2.04. The molecule has 2 unspecified atom stereocenters. The summed E-state index contributed by atoms with van der Waals surface area (Å²) in [7, 11) is 0. The number of nitrogen functional groups attached to an aromatic ring is 1. The highest BCUT2D eigenvalue weighted by molar-refractivity contribution is 5.68. The molecule has 2 atom stereocenters. The number of nitrogens with two attached hydrogens (primary N) is 1. The molecule has 4 N–H and O–H groups in total. The molecule has 96 valence electrons. The van der Waals surface area contributed by atoms with Gasteiger partial charge in [0.05, 0.1) is 29.1 Å². The maximum Gasteiger partial charge on any atom is 0.110 e. The molecule has 0 radical (unpaired) electrons. The highest BCUT2D eigenvalue weighted by Crippen LogP contribution is 2.27. The molecule has 0 spiro atoms. The van der Waals surface area contributed by atoms with Gasteiger partial charge >= 0.3 is 0 Å². The summed E-state index contributed by atoms with van der Waals surface area (Å²) in [6.45, 7) is 2.81. The molecule has 1 fully saturated rings. The lowest BCUT2D eigenvalue weighted by atomic mass is 9.96. The number of anilines is 2. The maximum atomic E-state index is 10.3. The van der Waals surface area contributed by atoms with E-state index < -0.39 is 5.60 Å². The van der Waals surface area contributed by atoms with Crippen LogP contribution in [0.1, 0.15) is 18.9 Å². The Morgan fingerprint density at radius 3 is 3.00 bits per heavy atom. The fourth-order valence-electron chi connectivity index (χ4n) is 2.04. The van der Waals surface area contributed by atoms with Gasteiger partial charge in [-0.15, -0.1) is 0 Å². The van der Waals surface area contributed by atoms with Crippen molar-refractivity contribution >= 4 is 11.4 Å². The van der Waals surface area contributed by atoms with Crippen LogP contribution in [0.5, 0.6) is 0 Å². The Labute approximate surface area is 106 Å². The smallest absolute Gasteiger partial charge is 0.110 e. The van der Waals surface area contributed by atoms with E-state index in [1.807, 2.05) is 13.0 Å². The number of hydrogen-bond acceptors (Lipinski definition) is 5. The molecule has 1 saturated heterocycles. The predicted octanol–water partition coefficient (Wildman–Crippen LogP) is 1.09. The standard InChI is InChI=1S/C13H17N3O2/c1-9-13(17,4-5-18-9)8-16-12-3-2-10(7-14)6-11(12)15/h2-3,6,9,16-17H,4-5,8,15H2,1H3.